The van der Waals surface area contributed by atoms with Crippen molar-refractivity contribution in [3.63, 3.8) is 0 Å². The summed E-state index contributed by atoms with van der Waals surface area (Å²) in [6, 6.07) is 0. The summed E-state index contributed by atoms with van der Waals surface area (Å²) >= 11 is 0. The first-order valence-corrected chi connectivity index (χ1v) is 15.3. The van der Waals surface area contributed by atoms with Crippen molar-refractivity contribution in [1.29, 1.82) is 0 Å². The topological polar surface area (TPSA) is 96.9 Å². The third kappa shape index (κ3) is 24.8. The van der Waals surface area contributed by atoms with Crippen LogP contribution in [0.1, 0.15) is 103 Å². The zero-order valence-electron chi connectivity index (χ0n) is 23.4. The van der Waals surface area contributed by atoms with E-state index in [-0.39, 0.29) is 25.7 Å². The van der Waals surface area contributed by atoms with Crippen LogP contribution in [-0.2, 0) is 18.3 Å². The van der Waals surface area contributed by atoms with Gasteiger partial charge < -0.3 is 28.5 Å². The monoisotopic (exact) mass is 522 g/mol. The number of hydrogen-bond donors (Lipinski definition) is 1. The summed E-state index contributed by atoms with van der Waals surface area (Å²) in [5.41, 5.74) is 0. The van der Waals surface area contributed by atoms with E-state index in [0.717, 1.165) is 19.3 Å². The fraction of sp³-hybridized carbons (Fsp3) is 0.962. The van der Waals surface area contributed by atoms with Gasteiger partial charge in [-0.3, -0.25) is 4.57 Å². The highest BCUT2D eigenvalue weighted by molar-refractivity contribution is 7.45. The van der Waals surface area contributed by atoms with Crippen LogP contribution >= 0.6 is 7.82 Å². The molecule has 0 spiro atoms. The zero-order chi connectivity index (χ0) is 26.4. The fourth-order valence-electron chi connectivity index (χ4n) is 3.77. The molecule has 0 heterocycles. The second-order valence-electron chi connectivity index (χ2n) is 10.7. The highest BCUT2D eigenvalue weighted by Gasteiger charge is 2.18. The maximum Gasteiger partial charge on any atom is 0.406 e. The highest BCUT2D eigenvalue weighted by Crippen LogP contribution is 2.39. The highest BCUT2D eigenvalue weighted by atomic mass is 31.2. The van der Waals surface area contributed by atoms with Crippen LogP contribution in [0.4, 0.5) is 4.79 Å². The van der Waals surface area contributed by atoms with Crippen molar-refractivity contribution >= 4 is 13.9 Å². The Morgan fingerprint density at radius 3 is 1.77 bits per heavy atom. The molecule has 0 saturated heterocycles. The van der Waals surface area contributed by atoms with Gasteiger partial charge in [0, 0.05) is 13.0 Å². The Hall–Kier alpha value is -0.660. The third-order valence-electron chi connectivity index (χ3n) is 6.10. The molecular weight excluding hydrogens is 467 g/mol. The van der Waals surface area contributed by atoms with Crippen LogP contribution in [0, 0.1) is 5.92 Å². The lowest BCUT2D eigenvalue weighted by Gasteiger charge is -2.28. The minimum absolute atomic E-state index is 0.0411. The maximum absolute atomic E-state index is 12.1. The number of amides is 1. The van der Waals surface area contributed by atoms with Crippen LogP contribution < -0.4 is 10.2 Å². The number of ether oxygens (including phenoxy) is 1. The largest absolute Gasteiger partial charge is 0.756 e. The number of phosphoric ester groups is 1. The number of likely N-dealkylation sites (N-methyl/N-ethyl adjacent to an activating group) is 1. The van der Waals surface area contributed by atoms with E-state index in [9.17, 15) is 14.3 Å². The van der Waals surface area contributed by atoms with Gasteiger partial charge in [0.15, 0.2) is 0 Å². The van der Waals surface area contributed by atoms with Gasteiger partial charge in [0.2, 0.25) is 0 Å². The van der Waals surface area contributed by atoms with Crippen molar-refractivity contribution in [3.8, 4) is 0 Å². The van der Waals surface area contributed by atoms with Gasteiger partial charge in [-0.05, 0) is 6.42 Å². The smallest absolute Gasteiger partial charge is 0.406 e. The number of phosphoric acid groups is 1. The van der Waals surface area contributed by atoms with Crippen molar-refractivity contribution < 1.29 is 32.5 Å². The molecular formula is C26H55N2O6P. The molecule has 1 N–H and O–H groups in total. The average Bonchev–Trinajstić information content (AvgIpc) is 2.79. The summed E-state index contributed by atoms with van der Waals surface area (Å²) in [6.45, 7) is 2.96. The first kappa shape index (κ1) is 34.3. The number of rotatable bonds is 24. The van der Waals surface area contributed by atoms with Crippen LogP contribution in [0.15, 0.2) is 0 Å². The van der Waals surface area contributed by atoms with Crippen LogP contribution in [0.5, 0.6) is 0 Å². The molecule has 0 saturated carbocycles. The molecule has 0 aliphatic rings. The van der Waals surface area contributed by atoms with E-state index < -0.39 is 13.9 Å². The normalized spacial score (nSPS) is 14.5. The third-order valence-corrected chi connectivity index (χ3v) is 7.06. The van der Waals surface area contributed by atoms with Gasteiger partial charge in [-0.25, -0.2) is 4.79 Å². The van der Waals surface area contributed by atoms with E-state index >= 15 is 0 Å². The molecule has 0 aliphatic heterocycles. The van der Waals surface area contributed by atoms with Crippen molar-refractivity contribution in [2.24, 2.45) is 5.92 Å². The molecule has 210 valence electrons. The number of alkyl carbamates (subject to hydrolysis) is 1. The predicted molar refractivity (Wildman–Crippen MR) is 141 cm³/mol. The molecule has 2 atom stereocenters. The lowest BCUT2D eigenvalue weighted by Crippen LogP contribution is -2.37. The molecule has 0 bridgehead atoms. The molecule has 9 heteroatoms. The molecule has 0 fully saturated rings. The summed E-state index contributed by atoms with van der Waals surface area (Å²) in [5, 5.41) is 2.41. The number of nitrogens with one attached hydrogen (secondary N) is 1. The number of carbonyl (C=O) groups excluding carboxylic acids is 1. The molecule has 1 amide bonds. The number of nitrogens with zero attached hydrogens (tertiary/aromatic N) is 1. The van der Waals surface area contributed by atoms with Gasteiger partial charge in [0.05, 0.1) is 34.4 Å². The standard InChI is InChI=1S/C26H55N2O6P/c1-6-7-8-9-10-11-12-13-14-15-16-17-18-19-20-25(23-32-26(29)27-2)24-34-35(30,31)33-22-21-28(3,4)5/h25H,6-24H2,1-5H3,(H-,27,29,30,31). The Balaban J connectivity index is 4.02. The Morgan fingerprint density at radius 1 is 0.829 bits per heavy atom. The summed E-state index contributed by atoms with van der Waals surface area (Å²) < 4.78 is 27.9. The minimum atomic E-state index is -4.38. The first-order chi connectivity index (χ1) is 16.6. The maximum atomic E-state index is 12.1. The minimum Gasteiger partial charge on any atom is -0.756 e. The van der Waals surface area contributed by atoms with E-state index in [1.54, 1.807) is 0 Å². The van der Waals surface area contributed by atoms with Crippen LogP contribution in [0.2, 0.25) is 0 Å². The molecule has 35 heavy (non-hydrogen) atoms. The van der Waals surface area contributed by atoms with Gasteiger partial charge in [-0.15, -0.1) is 0 Å². The molecule has 0 rings (SSSR count). The van der Waals surface area contributed by atoms with E-state index in [0.29, 0.717) is 11.0 Å². The van der Waals surface area contributed by atoms with Gasteiger partial charge in [0.25, 0.3) is 7.82 Å². The fourth-order valence-corrected chi connectivity index (χ4v) is 4.54. The van der Waals surface area contributed by atoms with Crippen molar-refractivity contribution in [2.75, 3.05) is 54.6 Å². The van der Waals surface area contributed by atoms with Gasteiger partial charge in [0.1, 0.15) is 13.2 Å². The molecule has 0 aliphatic carbocycles. The Kier molecular flexibility index (Phi) is 21.0. The Bertz CT molecular complexity index is 556. The Labute approximate surface area is 215 Å². The first-order valence-electron chi connectivity index (χ1n) is 13.8. The van der Waals surface area contributed by atoms with Gasteiger partial charge in [-0.1, -0.05) is 96.8 Å². The van der Waals surface area contributed by atoms with Crippen molar-refractivity contribution in [1.82, 2.24) is 5.32 Å². The van der Waals surface area contributed by atoms with Gasteiger partial charge >= 0.3 is 6.09 Å². The van der Waals surface area contributed by atoms with E-state index in [2.05, 4.69) is 12.2 Å². The molecule has 0 aromatic rings. The van der Waals surface area contributed by atoms with Crippen LogP contribution in [0.3, 0.4) is 0 Å². The SMILES string of the molecule is CCCCCCCCCCCCCCCCC(COC(=O)NC)COP(=O)([O-])OCC[N+](C)(C)C. The van der Waals surface area contributed by atoms with E-state index in [1.807, 2.05) is 21.1 Å². The summed E-state index contributed by atoms with van der Waals surface area (Å²) in [4.78, 5) is 23.5. The lowest BCUT2D eigenvalue weighted by atomic mass is 10.0. The number of quaternary nitrogens is 1. The quantitative estimate of drug-likeness (QED) is 0.0943. The second kappa shape index (κ2) is 21.4. The molecule has 0 aromatic heterocycles. The van der Waals surface area contributed by atoms with E-state index in [4.69, 9.17) is 13.8 Å². The Morgan fingerprint density at radius 2 is 1.31 bits per heavy atom. The van der Waals surface area contributed by atoms with Crippen LogP contribution in [0.25, 0.3) is 0 Å². The number of hydrogen-bond acceptors (Lipinski definition) is 6. The molecule has 2 unspecified atom stereocenters. The summed E-state index contributed by atoms with van der Waals surface area (Å²) in [6.07, 6.45) is 18.2. The summed E-state index contributed by atoms with van der Waals surface area (Å²) in [5.74, 6) is -0.186. The second-order valence-corrected chi connectivity index (χ2v) is 12.1. The van der Waals surface area contributed by atoms with Crippen molar-refractivity contribution in [2.45, 2.75) is 103 Å². The zero-order valence-corrected chi connectivity index (χ0v) is 24.3. The number of carbonyl (C=O) groups is 1. The average molecular weight is 523 g/mol. The van der Waals surface area contributed by atoms with Crippen LogP contribution in [-0.4, -0.2) is 65.1 Å². The predicted octanol–water partition coefficient (Wildman–Crippen LogP) is 6.04. The summed E-state index contributed by atoms with van der Waals surface area (Å²) in [7, 11) is 3.00. The lowest BCUT2D eigenvalue weighted by molar-refractivity contribution is -0.870. The number of unbranched alkanes of at least 4 members (excludes halogenated alkanes) is 13. The molecule has 0 aromatic carbocycles. The molecule has 8 nitrogen and oxygen atoms in total. The molecule has 0 radical (unpaired) electrons. The van der Waals surface area contributed by atoms with Gasteiger partial charge in [-0.2, -0.15) is 0 Å². The van der Waals surface area contributed by atoms with E-state index in [1.165, 1.54) is 84.1 Å². The van der Waals surface area contributed by atoms with Crippen molar-refractivity contribution in [3.05, 3.63) is 0 Å².